The SMILES string of the molecule is CCCCCCn1nnc(CO)c1COc1cc(C)ccc1C. The van der Waals surface area contributed by atoms with Crippen LogP contribution in [0.4, 0.5) is 0 Å². The Morgan fingerprint density at radius 1 is 1.17 bits per heavy atom. The quantitative estimate of drug-likeness (QED) is 0.719. The van der Waals surface area contributed by atoms with Crippen LogP contribution >= 0.6 is 0 Å². The summed E-state index contributed by atoms with van der Waals surface area (Å²) in [5, 5.41) is 17.7. The van der Waals surface area contributed by atoms with Crippen LogP contribution in [-0.2, 0) is 19.8 Å². The van der Waals surface area contributed by atoms with Gasteiger partial charge < -0.3 is 9.84 Å². The molecule has 1 aromatic carbocycles. The number of aliphatic hydroxyl groups is 1. The number of benzene rings is 1. The number of ether oxygens (including phenoxy) is 1. The molecule has 2 rings (SSSR count). The molecule has 0 bridgehead atoms. The number of hydrogen-bond acceptors (Lipinski definition) is 4. The molecule has 23 heavy (non-hydrogen) atoms. The van der Waals surface area contributed by atoms with E-state index in [1.165, 1.54) is 24.8 Å². The molecular formula is C18H27N3O2. The number of aliphatic hydroxyl groups excluding tert-OH is 1. The average molecular weight is 317 g/mol. The van der Waals surface area contributed by atoms with Crippen molar-refractivity contribution in [2.75, 3.05) is 0 Å². The van der Waals surface area contributed by atoms with Crippen LogP contribution in [0.15, 0.2) is 18.2 Å². The van der Waals surface area contributed by atoms with Crippen molar-refractivity contribution in [1.29, 1.82) is 0 Å². The topological polar surface area (TPSA) is 60.2 Å². The van der Waals surface area contributed by atoms with Crippen LogP contribution in [-0.4, -0.2) is 20.1 Å². The van der Waals surface area contributed by atoms with Crippen LogP contribution in [0.25, 0.3) is 0 Å². The molecule has 0 atom stereocenters. The minimum atomic E-state index is -0.111. The fourth-order valence-corrected chi connectivity index (χ4v) is 2.53. The zero-order chi connectivity index (χ0) is 16.7. The van der Waals surface area contributed by atoms with Gasteiger partial charge in [-0.25, -0.2) is 4.68 Å². The molecule has 2 aromatic rings. The van der Waals surface area contributed by atoms with Crippen molar-refractivity contribution >= 4 is 0 Å². The molecule has 1 N–H and O–H groups in total. The molecular weight excluding hydrogens is 290 g/mol. The lowest BCUT2D eigenvalue weighted by Gasteiger charge is -2.12. The van der Waals surface area contributed by atoms with E-state index in [0.29, 0.717) is 12.3 Å². The predicted molar refractivity (Wildman–Crippen MR) is 90.3 cm³/mol. The fourth-order valence-electron chi connectivity index (χ4n) is 2.53. The van der Waals surface area contributed by atoms with E-state index in [1.54, 1.807) is 0 Å². The second-order valence-corrected chi connectivity index (χ2v) is 5.98. The Morgan fingerprint density at radius 3 is 2.74 bits per heavy atom. The first kappa shape index (κ1) is 17.5. The smallest absolute Gasteiger partial charge is 0.132 e. The highest BCUT2D eigenvalue weighted by Crippen LogP contribution is 2.21. The van der Waals surface area contributed by atoms with Gasteiger partial charge in [0, 0.05) is 6.54 Å². The highest BCUT2D eigenvalue weighted by molar-refractivity contribution is 5.36. The third kappa shape index (κ3) is 4.79. The molecule has 5 heteroatoms. The van der Waals surface area contributed by atoms with E-state index in [4.69, 9.17) is 4.74 Å². The summed E-state index contributed by atoms with van der Waals surface area (Å²) < 4.78 is 7.83. The van der Waals surface area contributed by atoms with Crippen LogP contribution < -0.4 is 4.74 Å². The minimum Gasteiger partial charge on any atom is -0.487 e. The Kier molecular flexibility index (Phi) is 6.59. The summed E-state index contributed by atoms with van der Waals surface area (Å²) in [6.07, 6.45) is 4.69. The van der Waals surface area contributed by atoms with Crippen LogP contribution in [0.2, 0.25) is 0 Å². The predicted octanol–water partition coefficient (Wildman–Crippen LogP) is 3.55. The number of aryl methyl sites for hydroxylation is 3. The van der Waals surface area contributed by atoms with Crippen molar-refractivity contribution in [2.24, 2.45) is 0 Å². The molecule has 0 spiro atoms. The van der Waals surface area contributed by atoms with E-state index < -0.39 is 0 Å². The molecule has 0 fully saturated rings. The largest absolute Gasteiger partial charge is 0.487 e. The number of hydrogen-bond donors (Lipinski definition) is 1. The van der Waals surface area contributed by atoms with E-state index in [1.807, 2.05) is 24.6 Å². The molecule has 0 aliphatic rings. The third-order valence-electron chi connectivity index (χ3n) is 4.00. The van der Waals surface area contributed by atoms with Crippen molar-refractivity contribution in [3.8, 4) is 5.75 Å². The van der Waals surface area contributed by atoms with E-state index in [0.717, 1.165) is 30.0 Å². The first-order valence-corrected chi connectivity index (χ1v) is 8.37. The third-order valence-corrected chi connectivity index (χ3v) is 4.00. The normalized spacial score (nSPS) is 11.0. The van der Waals surface area contributed by atoms with Crippen LogP contribution in [0.5, 0.6) is 5.75 Å². The molecule has 0 unspecified atom stereocenters. The Bertz CT molecular complexity index is 623. The maximum absolute atomic E-state index is 9.47. The summed E-state index contributed by atoms with van der Waals surface area (Å²) in [6, 6.07) is 6.15. The molecule has 1 aromatic heterocycles. The van der Waals surface area contributed by atoms with Crippen LogP contribution in [0.1, 0.15) is 55.1 Å². The van der Waals surface area contributed by atoms with Gasteiger partial charge in [-0.15, -0.1) is 5.10 Å². The van der Waals surface area contributed by atoms with Gasteiger partial charge in [0.25, 0.3) is 0 Å². The molecule has 0 saturated heterocycles. The number of unbranched alkanes of at least 4 members (excludes halogenated alkanes) is 3. The molecule has 126 valence electrons. The average Bonchev–Trinajstić information content (AvgIpc) is 2.94. The van der Waals surface area contributed by atoms with Crippen LogP contribution in [0.3, 0.4) is 0 Å². The second kappa shape index (κ2) is 8.67. The van der Waals surface area contributed by atoms with Crippen LogP contribution in [0, 0.1) is 13.8 Å². The molecule has 0 amide bonds. The summed E-state index contributed by atoms with van der Waals surface area (Å²) in [5.74, 6) is 0.868. The first-order chi connectivity index (χ1) is 11.2. The van der Waals surface area contributed by atoms with E-state index in [9.17, 15) is 5.11 Å². The summed E-state index contributed by atoms with van der Waals surface area (Å²) in [4.78, 5) is 0. The minimum absolute atomic E-state index is 0.111. The zero-order valence-corrected chi connectivity index (χ0v) is 14.4. The molecule has 1 heterocycles. The van der Waals surface area contributed by atoms with Gasteiger partial charge in [-0.2, -0.15) is 0 Å². The standard InChI is InChI=1S/C18H27N3O2/c1-4-5-6-7-10-21-17(16(12-22)19-20-21)13-23-18-11-14(2)8-9-15(18)3/h8-9,11,22H,4-7,10,12-13H2,1-3H3. The zero-order valence-electron chi connectivity index (χ0n) is 14.4. The Balaban J connectivity index is 2.05. The second-order valence-electron chi connectivity index (χ2n) is 5.98. The maximum atomic E-state index is 9.47. The van der Waals surface area contributed by atoms with Gasteiger partial charge in [0.15, 0.2) is 0 Å². The van der Waals surface area contributed by atoms with Crippen molar-refractivity contribution in [3.05, 3.63) is 40.7 Å². The van der Waals surface area contributed by atoms with Gasteiger partial charge in [-0.05, 0) is 37.5 Å². The monoisotopic (exact) mass is 317 g/mol. The molecule has 0 aliphatic carbocycles. The lowest BCUT2D eigenvalue weighted by atomic mass is 10.1. The molecule has 0 radical (unpaired) electrons. The van der Waals surface area contributed by atoms with E-state index in [2.05, 4.69) is 29.4 Å². The Hall–Kier alpha value is -1.88. The molecule has 0 aliphatic heterocycles. The Morgan fingerprint density at radius 2 is 2.00 bits per heavy atom. The van der Waals surface area contributed by atoms with Gasteiger partial charge in [0.2, 0.25) is 0 Å². The summed E-state index contributed by atoms with van der Waals surface area (Å²) in [6.45, 7) is 7.36. The number of aromatic nitrogens is 3. The summed E-state index contributed by atoms with van der Waals surface area (Å²) in [7, 11) is 0. The van der Waals surface area contributed by atoms with E-state index in [-0.39, 0.29) is 6.61 Å². The Labute approximate surface area is 138 Å². The molecule has 0 saturated carbocycles. The first-order valence-electron chi connectivity index (χ1n) is 8.37. The van der Waals surface area contributed by atoms with Gasteiger partial charge in [0.1, 0.15) is 23.7 Å². The van der Waals surface area contributed by atoms with Crippen molar-refractivity contribution in [1.82, 2.24) is 15.0 Å². The highest BCUT2D eigenvalue weighted by Gasteiger charge is 2.13. The van der Waals surface area contributed by atoms with Gasteiger partial charge in [-0.3, -0.25) is 0 Å². The summed E-state index contributed by atoms with van der Waals surface area (Å²) in [5.41, 5.74) is 3.73. The van der Waals surface area contributed by atoms with Gasteiger partial charge in [-0.1, -0.05) is 43.5 Å². The fraction of sp³-hybridized carbons (Fsp3) is 0.556. The highest BCUT2D eigenvalue weighted by atomic mass is 16.5. The number of rotatable bonds is 9. The number of nitrogens with zero attached hydrogens (tertiary/aromatic N) is 3. The van der Waals surface area contributed by atoms with E-state index >= 15 is 0 Å². The van der Waals surface area contributed by atoms with Crippen molar-refractivity contribution < 1.29 is 9.84 Å². The molecule has 5 nitrogen and oxygen atoms in total. The summed E-state index contributed by atoms with van der Waals surface area (Å²) >= 11 is 0. The van der Waals surface area contributed by atoms with Gasteiger partial charge in [0.05, 0.1) is 6.61 Å². The van der Waals surface area contributed by atoms with Gasteiger partial charge >= 0.3 is 0 Å². The van der Waals surface area contributed by atoms with Crippen molar-refractivity contribution in [2.45, 2.75) is 66.2 Å². The lowest BCUT2D eigenvalue weighted by molar-refractivity contribution is 0.260. The lowest BCUT2D eigenvalue weighted by Crippen LogP contribution is -2.10. The maximum Gasteiger partial charge on any atom is 0.132 e. The van der Waals surface area contributed by atoms with Crippen molar-refractivity contribution in [3.63, 3.8) is 0 Å².